The highest BCUT2D eigenvalue weighted by molar-refractivity contribution is 5.71. The summed E-state index contributed by atoms with van der Waals surface area (Å²) in [7, 11) is 1.07. The Kier molecular flexibility index (Phi) is 4.75. The molecule has 0 aromatic heterocycles. The molecule has 0 saturated carbocycles. The second-order valence-electron chi connectivity index (χ2n) is 4.20. The molecule has 0 aliphatic carbocycles. The van der Waals surface area contributed by atoms with Crippen LogP contribution in [0.4, 0.5) is 37.7 Å². The van der Waals surface area contributed by atoms with E-state index in [2.05, 4.69) is 5.32 Å². The highest BCUT2D eigenvalue weighted by Crippen LogP contribution is 2.48. The highest BCUT2D eigenvalue weighted by atomic mass is 19.4. The minimum atomic E-state index is -5.25. The second-order valence-corrected chi connectivity index (χ2v) is 4.20. The first-order valence-corrected chi connectivity index (χ1v) is 5.75. The third-order valence-electron chi connectivity index (χ3n) is 2.79. The van der Waals surface area contributed by atoms with Crippen molar-refractivity contribution in [1.82, 2.24) is 0 Å². The summed E-state index contributed by atoms with van der Waals surface area (Å²) in [5.74, 6) is 0. The van der Waals surface area contributed by atoms with E-state index in [4.69, 9.17) is 5.73 Å². The summed E-state index contributed by atoms with van der Waals surface area (Å²) >= 11 is 0. The molecule has 3 nitrogen and oxygen atoms in total. The van der Waals surface area contributed by atoms with Crippen molar-refractivity contribution in [3.63, 3.8) is 0 Å². The molecule has 21 heavy (non-hydrogen) atoms. The summed E-state index contributed by atoms with van der Waals surface area (Å²) in [6.07, 6.45) is -10.3. The van der Waals surface area contributed by atoms with Gasteiger partial charge in [-0.25, -0.2) is 0 Å². The van der Waals surface area contributed by atoms with Crippen LogP contribution in [0.25, 0.3) is 0 Å². The molecule has 1 aromatic carbocycles. The Morgan fingerprint density at radius 3 is 2.05 bits per heavy atom. The zero-order valence-electron chi connectivity index (χ0n) is 10.8. The number of hydrogen-bond donors (Lipinski definition) is 2. The van der Waals surface area contributed by atoms with Crippen molar-refractivity contribution in [2.24, 2.45) is 0 Å². The SMILES string of the molecule is CNc1c(CCC=O)cc(N)c(C(F)(F)F)c1C(F)(F)F. The fraction of sp³-hybridized carbons (Fsp3) is 0.417. The van der Waals surface area contributed by atoms with E-state index in [-0.39, 0.29) is 18.4 Å². The Hall–Kier alpha value is -1.93. The van der Waals surface area contributed by atoms with Crippen molar-refractivity contribution in [2.75, 3.05) is 18.1 Å². The fourth-order valence-electron chi connectivity index (χ4n) is 2.05. The van der Waals surface area contributed by atoms with E-state index in [9.17, 15) is 31.1 Å². The first-order chi connectivity index (χ1) is 9.54. The van der Waals surface area contributed by atoms with Gasteiger partial charge in [0.2, 0.25) is 0 Å². The molecule has 0 aliphatic rings. The Labute approximate surface area is 116 Å². The van der Waals surface area contributed by atoms with Crippen molar-refractivity contribution in [3.05, 3.63) is 22.8 Å². The van der Waals surface area contributed by atoms with Crippen LogP contribution >= 0.6 is 0 Å². The molecule has 0 saturated heterocycles. The van der Waals surface area contributed by atoms with Crippen LogP contribution in [0.3, 0.4) is 0 Å². The van der Waals surface area contributed by atoms with E-state index in [0.717, 1.165) is 13.1 Å². The molecule has 3 N–H and O–H groups in total. The lowest BCUT2D eigenvalue weighted by Gasteiger charge is -2.23. The molecule has 1 rings (SSSR count). The molecular formula is C12H12F6N2O. The van der Waals surface area contributed by atoms with Gasteiger partial charge in [-0.1, -0.05) is 0 Å². The normalized spacial score (nSPS) is 12.3. The van der Waals surface area contributed by atoms with Crippen molar-refractivity contribution >= 4 is 17.7 Å². The molecule has 0 amide bonds. The maximum absolute atomic E-state index is 13.0. The highest BCUT2D eigenvalue weighted by Gasteiger charge is 2.47. The van der Waals surface area contributed by atoms with Gasteiger partial charge in [0.1, 0.15) is 6.29 Å². The summed E-state index contributed by atoms with van der Waals surface area (Å²) in [5, 5.41) is 2.13. The van der Waals surface area contributed by atoms with E-state index in [1.165, 1.54) is 0 Å². The van der Waals surface area contributed by atoms with Crippen LogP contribution in [0.2, 0.25) is 0 Å². The molecule has 0 unspecified atom stereocenters. The number of anilines is 2. The van der Waals surface area contributed by atoms with Gasteiger partial charge in [0.05, 0.1) is 16.8 Å². The quantitative estimate of drug-likeness (QED) is 0.508. The number of aryl methyl sites for hydroxylation is 1. The summed E-state index contributed by atoms with van der Waals surface area (Å²) in [4.78, 5) is 10.3. The smallest absolute Gasteiger partial charge is 0.398 e. The second kappa shape index (κ2) is 5.82. The lowest BCUT2D eigenvalue weighted by Crippen LogP contribution is -2.22. The van der Waals surface area contributed by atoms with Gasteiger partial charge >= 0.3 is 12.4 Å². The van der Waals surface area contributed by atoms with E-state index < -0.39 is 34.9 Å². The van der Waals surface area contributed by atoms with Gasteiger partial charge in [-0.3, -0.25) is 0 Å². The van der Waals surface area contributed by atoms with Gasteiger partial charge in [0.25, 0.3) is 0 Å². The lowest BCUT2D eigenvalue weighted by atomic mass is 9.95. The predicted molar refractivity (Wildman–Crippen MR) is 64.8 cm³/mol. The van der Waals surface area contributed by atoms with Gasteiger partial charge in [0, 0.05) is 19.2 Å². The maximum Gasteiger partial charge on any atom is 0.419 e. The fourth-order valence-corrected chi connectivity index (χ4v) is 2.05. The molecule has 118 valence electrons. The minimum absolute atomic E-state index is 0.0950. The molecule has 0 spiro atoms. The number of nitrogens with two attached hydrogens (primary N) is 1. The van der Waals surface area contributed by atoms with Crippen molar-refractivity contribution < 1.29 is 31.1 Å². The van der Waals surface area contributed by atoms with Crippen LogP contribution < -0.4 is 11.1 Å². The molecule has 0 aliphatic heterocycles. The Morgan fingerprint density at radius 2 is 1.67 bits per heavy atom. The van der Waals surface area contributed by atoms with E-state index >= 15 is 0 Å². The van der Waals surface area contributed by atoms with Crippen LogP contribution in [0.5, 0.6) is 0 Å². The summed E-state index contributed by atoms with van der Waals surface area (Å²) in [6, 6.07) is 0.813. The van der Waals surface area contributed by atoms with Crippen molar-refractivity contribution in [3.8, 4) is 0 Å². The Morgan fingerprint density at radius 1 is 1.14 bits per heavy atom. The predicted octanol–water partition coefficient (Wildman–Crippen LogP) is 3.48. The number of aldehydes is 1. The van der Waals surface area contributed by atoms with E-state index in [1.54, 1.807) is 0 Å². The first-order valence-electron chi connectivity index (χ1n) is 5.75. The molecule has 0 heterocycles. The van der Waals surface area contributed by atoms with Gasteiger partial charge in [-0.2, -0.15) is 26.3 Å². The van der Waals surface area contributed by atoms with Gasteiger partial charge in [-0.15, -0.1) is 0 Å². The van der Waals surface area contributed by atoms with Crippen molar-refractivity contribution in [1.29, 1.82) is 0 Å². The van der Waals surface area contributed by atoms with Gasteiger partial charge in [0.15, 0.2) is 0 Å². The average molecular weight is 314 g/mol. The summed E-state index contributed by atoms with van der Waals surface area (Å²) < 4.78 is 77.8. The van der Waals surface area contributed by atoms with E-state index in [1.807, 2.05) is 0 Å². The van der Waals surface area contributed by atoms with Crippen molar-refractivity contribution in [2.45, 2.75) is 25.2 Å². The third kappa shape index (κ3) is 3.59. The lowest BCUT2D eigenvalue weighted by molar-refractivity contribution is -0.161. The molecule has 1 aromatic rings. The number of rotatable bonds is 4. The zero-order chi connectivity index (χ0) is 16.4. The van der Waals surface area contributed by atoms with Crippen LogP contribution in [0.1, 0.15) is 23.1 Å². The standard InChI is InChI=1S/C12H12F6N2O/c1-20-10-6(3-2-4-21)5-7(19)8(11(13,14)15)9(10)12(16,17)18/h4-5,20H,2-3,19H2,1H3. The third-order valence-corrected chi connectivity index (χ3v) is 2.79. The largest absolute Gasteiger partial charge is 0.419 e. The molecule has 0 fully saturated rings. The molecule has 9 heteroatoms. The minimum Gasteiger partial charge on any atom is -0.398 e. The number of carbonyl (C=O) groups is 1. The number of nitrogens with one attached hydrogen (secondary N) is 1. The summed E-state index contributed by atoms with van der Waals surface area (Å²) in [5.41, 5.74) is -0.451. The van der Waals surface area contributed by atoms with Crippen LogP contribution in [0, 0.1) is 0 Å². The van der Waals surface area contributed by atoms with E-state index in [0.29, 0.717) is 6.29 Å². The number of nitrogen functional groups attached to an aromatic ring is 1. The van der Waals surface area contributed by atoms with Crippen LogP contribution in [0.15, 0.2) is 6.07 Å². The Bertz CT molecular complexity index is 536. The monoisotopic (exact) mass is 314 g/mol. The number of alkyl halides is 6. The zero-order valence-corrected chi connectivity index (χ0v) is 10.8. The molecule has 0 atom stereocenters. The van der Waals surface area contributed by atoms with Gasteiger partial charge in [-0.05, 0) is 18.1 Å². The topological polar surface area (TPSA) is 55.1 Å². The van der Waals surface area contributed by atoms with Crippen LogP contribution in [-0.4, -0.2) is 13.3 Å². The maximum atomic E-state index is 13.0. The summed E-state index contributed by atoms with van der Waals surface area (Å²) in [6.45, 7) is 0. The Balaban J connectivity index is 3.72. The molecule has 0 radical (unpaired) electrons. The number of benzene rings is 1. The number of carbonyl (C=O) groups excluding carboxylic acids is 1. The molecular weight excluding hydrogens is 302 g/mol. The number of halogens is 6. The van der Waals surface area contributed by atoms with Crippen LogP contribution in [-0.2, 0) is 23.6 Å². The first kappa shape index (κ1) is 17.1. The average Bonchev–Trinajstić information content (AvgIpc) is 2.32. The number of hydrogen-bond acceptors (Lipinski definition) is 3. The van der Waals surface area contributed by atoms with Gasteiger partial charge < -0.3 is 15.8 Å². The molecule has 0 bridgehead atoms.